The number of hydrogen-bond acceptors (Lipinski definition) is 3. The molecule has 114 valence electrons. The third-order valence-electron chi connectivity index (χ3n) is 3.50. The Labute approximate surface area is 123 Å². The first kappa shape index (κ1) is 16.8. The molecular formula is C17H29NO2. The van der Waals surface area contributed by atoms with Crippen LogP contribution in [-0.2, 0) is 0 Å². The minimum atomic E-state index is 0.262. The summed E-state index contributed by atoms with van der Waals surface area (Å²) in [6.45, 7) is 9.58. The van der Waals surface area contributed by atoms with Gasteiger partial charge < -0.3 is 15.2 Å². The van der Waals surface area contributed by atoms with E-state index in [-0.39, 0.29) is 6.04 Å². The molecule has 0 radical (unpaired) electrons. The molecule has 0 amide bonds. The summed E-state index contributed by atoms with van der Waals surface area (Å²) in [5, 5.41) is 0. The topological polar surface area (TPSA) is 44.5 Å². The van der Waals surface area contributed by atoms with Gasteiger partial charge in [0.2, 0.25) is 0 Å². The van der Waals surface area contributed by atoms with E-state index >= 15 is 0 Å². The number of nitrogens with two attached hydrogens (primary N) is 1. The third-order valence-corrected chi connectivity index (χ3v) is 3.50. The van der Waals surface area contributed by atoms with E-state index in [2.05, 4.69) is 26.0 Å². The SMILES string of the molecule is CCOc1ccc(C(CC)CCC(C)N)cc1OCC. The van der Waals surface area contributed by atoms with Crippen LogP contribution in [-0.4, -0.2) is 19.3 Å². The average molecular weight is 279 g/mol. The molecule has 0 spiro atoms. The zero-order valence-corrected chi connectivity index (χ0v) is 13.3. The Morgan fingerprint density at radius 2 is 1.65 bits per heavy atom. The predicted octanol–water partition coefficient (Wildman–Crippen LogP) is 4.11. The van der Waals surface area contributed by atoms with E-state index in [1.54, 1.807) is 0 Å². The number of benzene rings is 1. The van der Waals surface area contributed by atoms with Crippen LogP contribution in [0.3, 0.4) is 0 Å². The summed E-state index contributed by atoms with van der Waals surface area (Å²) >= 11 is 0. The molecule has 2 unspecified atom stereocenters. The van der Waals surface area contributed by atoms with Gasteiger partial charge in [0.15, 0.2) is 11.5 Å². The highest BCUT2D eigenvalue weighted by molar-refractivity contribution is 5.44. The summed E-state index contributed by atoms with van der Waals surface area (Å²) < 4.78 is 11.3. The lowest BCUT2D eigenvalue weighted by atomic mass is 9.90. The molecule has 0 fully saturated rings. The predicted molar refractivity (Wildman–Crippen MR) is 84.7 cm³/mol. The van der Waals surface area contributed by atoms with Crippen molar-refractivity contribution in [2.24, 2.45) is 5.73 Å². The highest BCUT2D eigenvalue weighted by Gasteiger charge is 2.14. The quantitative estimate of drug-likeness (QED) is 0.740. The van der Waals surface area contributed by atoms with E-state index in [4.69, 9.17) is 15.2 Å². The maximum Gasteiger partial charge on any atom is 0.161 e. The molecule has 0 saturated carbocycles. The van der Waals surface area contributed by atoms with Gasteiger partial charge in [-0.25, -0.2) is 0 Å². The van der Waals surface area contributed by atoms with Crippen LogP contribution in [0.1, 0.15) is 58.4 Å². The fraction of sp³-hybridized carbons (Fsp3) is 0.647. The van der Waals surface area contributed by atoms with Gasteiger partial charge in [0.25, 0.3) is 0 Å². The van der Waals surface area contributed by atoms with Crippen molar-refractivity contribution in [1.29, 1.82) is 0 Å². The molecule has 20 heavy (non-hydrogen) atoms. The van der Waals surface area contributed by atoms with Gasteiger partial charge in [0.1, 0.15) is 0 Å². The first-order valence-corrected chi connectivity index (χ1v) is 7.77. The van der Waals surface area contributed by atoms with E-state index in [1.807, 2.05) is 19.9 Å². The highest BCUT2D eigenvalue weighted by Crippen LogP contribution is 2.34. The van der Waals surface area contributed by atoms with Crippen LogP contribution >= 0.6 is 0 Å². The van der Waals surface area contributed by atoms with Crippen molar-refractivity contribution in [3.63, 3.8) is 0 Å². The molecule has 0 aliphatic carbocycles. The number of hydrogen-bond donors (Lipinski definition) is 1. The monoisotopic (exact) mass is 279 g/mol. The molecule has 3 heteroatoms. The molecule has 0 aromatic heterocycles. The molecule has 0 aliphatic rings. The fourth-order valence-corrected chi connectivity index (χ4v) is 2.39. The van der Waals surface area contributed by atoms with Crippen molar-refractivity contribution in [2.45, 2.75) is 58.9 Å². The molecule has 0 heterocycles. The van der Waals surface area contributed by atoms with Crippen molar-refractivity contribution in [3.05, 3.63) is 23.8 Å². The normalized spacial score (nSPS) is 13.8. The van der Waals surface area contributed by atoms with Crippen LogP contribution in [0.4, 0.5) is 0 Å². The maximum absolute atomic E-state index is 5.87. The number of ether oxygens (including phenoxy) is 2. The highest BCUT2D eigenvalue weighted by atomic mass is 16.5. The summed E-state index contributed by atoms with van der Waals surface area (Å²) in [6, 6.07) is 6.57. The van der Waals surface area contributed by atoms with Crippen molar-refractivity contribution >= 4 is 0 Å². The lowest BCUT2D eigenvalue weighted by Crippen LogP contribution is -2.15. The van der Waals surface area contributed by atoms with Crippen molar-refractivity contribution < 1.29 is 9.47 Å². The Morgan fingerprint density at radius 3 is 2.20 bits per heavy atom. The fourth-order valence-electron chi connectivity index (χ4n) is 2.39. The molecule has 1 rings (SSSR count). The minimum absolute atomic E-state index is 0.262. The van der Waals surface area contributed by atoms with Crippen LogP contribution in [0.5, 0.6) is 11.5 Å². The van der Waals surface area contributed by atoms with Crippen LogP contribution in [0.15, 0.2) is 18.2 Å². The first-order chi connectivity index (χ1) is 9.62. The van der Waals surface area contributed by atoms with E-state index in [9.17, 15) is 0 Å². The molecule has 0 bridgehead atoms. The van der Waals surface area contributed by atoms with Crippen LogP contribution in [0.2, 0.25) is 0 Å². The van der Waals surface area contributed by atoms with Crippen LogP contribution in [0, 0.1) is 0 Å². The van der Waals surface area contributed by atoms with E-state index < -0.39 is 0 Å². The molecule has 0 saturated heterocycles. The smallest absolute Gasteiger partial charge is 0.161 e. The Kier molecular flexibility index (Phi) is 7.45. The van der Waals surface area contributed by atoms with Gasteiger partial charge in [-0.15, -0.1) is 0 Å². The summed E-state index contributed by atoms with van der Waals surface area (Å²) in [4.78, 5) is 0. The van der Waals surface area contributed by atoms with E-state index in [1.165, 1.54) is 5.56 Å². The van der Waals surface area contributed by atoms with Gasteiger partial charge in [0, 0.05) is 6.04 Å². The molecule has 2 atom stereocenters. The van der Waals surface area contributed by atoms with Gasteiger partial charge in [-0.05, 0) is 63.6 Å². The maximum atomic E-state index is 5.87. The van der Waals surface area contributed by atoms with E-state index in [0.717, 1.165) is 30.8 Å². The zero-order valence-electron chi connectivity index (χ0n) is 13.3. The van der Waals surface area contributed by atoms with Crippen LogP contribution in [0.25, 0.3) is 0 Å². The lowest BCUT2D eigenvalue weighted by molar-refractivity contribution is 0.287. The van der Waals surface area contributed by atoms with Crippen molar-refractivity contribution in [2.75, 3.05) is 13.2 Å². The van der Waals surface area contributed by atoms with Crippen LogP contribution < -0.4 is 15.2 Å². The molecule has 1 aromatic rings. The van der Waals surface area contributed by atoms with Gasteiger partial charge in [-0.3, -0.25) is 0 Å². The second kappa shape index (κ2) is 8.85. The molecule has 3 nitrogen and oxygen atoms in total. The molecule has 0 aliphatic heterocycles. The van der Waals surface area contributed by atoms with Gasteiger partial charge in [-0.1, -0.05) is 13.0 Å². The Balaban J connectivity index is 2.89. The second-order valence-corrected chi connectivity index (χ2v) is 5.23. The largest absolute Gasteiger partial charge is 0.490 e. The summed E-state index contributed by atoms with van der Waals surface area (Å²) in [5.41, 5.74) is 7.19. The zero-order chi connectivity index (χ0) is 15.0. The molecule has 1 aromatic carbocycles. The lowest BCUT2D eigenvalue weighted by Gasteiger charge is -2.19. The first-order valence-electron chi connectivity index (χ1n) is 7.77. The Morgan fingerprint density at radius 1 is 1.00 bits per heavy atom. The Bertz CT molecular complexity index is 391. The Hall–Kier alpha value is -1.22. The van der Waals surface area contributed by atoms with Gasteiger partial charge in [-0.2, -0.15) is 0 Å². The van der Waals surface area contributed by atoms with Gasteiger partial charge >= 0.3 is 0 Å². The second-order valence-electron chi connectivity index (χ2n) is 5.23. The van der Waals surface area contributed by atoms with Crippen molar-refractivity contribution in [3.8, 4) is 11.5 Å². The molecule has 2 N–H and O–H groups in total. The minimum Gasteiger partial charge on any atom is -0.490 e. The number of rotatable bonds is 9. The summed E-state index contributed by atoms with van der Waals surface area (Å²) in [7, 11) is 0. The van der Waals surface area contributed by atoms with Gasteiger partial charge in [0.05, 0.1) is 13.2 Å². The summed E-state index contributed by atoms with van der Waals surface area (Å²) in [5.74, 6) is 2.22. The standard InChI is InChI=1S/C17H29NO2/c1-5-14(9-8-13(4)18)15-10-11-16(19-6-2)17(12-15)20-7-3/h10-14H,5-9,18H2,1-4H3. The van der Waals surface area contributed by atoms with Crippen molar-refractivity contribution in [1.82, 2.24) is 0 Å². The van der Waals surface area contributed by atoms with E-state index in [0.29, 0.717) is 19.1 Å². The molecular weight excluding hydrogens is 250 g/mol. The summed E-state index contributed by atoms with van der Waals surface area (Å²) in [6.07, 6.45) is 3.29. The average Bonchev–Trinajstić information content (AvgIpc) is 2.42. The third kappa shape index (κ3) is 5.04.